The van der Waals surface area contributed by atoms with Crippen LogP contribution in [0.5, 0.6) is 5.75 Å². The van der Waals surface area contributed by atoms with Gasteiger partial charge in [-0.1, -0.05) is 36.4 Å². The van der Waals surface area contributed by atoms with E-state index in [0.29, 0.717) is 36.6 Å². The molecule has 1 aliphatic heterocycles. The predicted molar refractivity (Wildman–Crippen MR) is 142 cm³/mol. The van der Waals surface area contributed by atoms with E-state index in [1.165, 1.54) is 18.4 Å². The van der Waals surface area contributed by atoms with Gasteiger partial charge in [0.25, 0.3) is 5.91 Å². The minimum Gasteiger partial charge on any atom is -0.491 e. The molecule has 3 N–H and O–H groups in total. The van der Waals surface area contributed by atoms with Crippen molar-refractivity contribution < 1.29 is 19.1 Å². The third kappa shape index (κ3) is 6.41. The van der Waals surface area contributed by atoms with Gasteiger partial charge in [-0.25, -0.2) is 4.98 Å². The first-order valence-electron chi connectivity index (χ1n) is 11.3. The topological polar surface area (TPSA) is 119 Å². The first kappa shape index (κ1) is 27.2. The normalized spacial score (nSPS) is 16.8. The molecule has 2 aromatic carbocycles. The SMILES string of the molecule is COC(=O)C[C@@H]1C[C@@H](COc2ccc(-c3ccc(C(=N)N)cc3)cc2)N(C(=O)c2csc(C)n2)C1.Cl. The number of halogens is 1. The fourth-order valence-corrected chi connectivity index (χ4v) is 4.86. The summed E-state index contributed by atoms with van der Waals surface area (Å²) in [6.45, 7) is 2.65. The van der Waals surface area contributed by atoms with E-state index in [1.807, 2.05) is 55.5 Å². The number of likely N-dealkylation sites (tertiary alicyclic amines) is 1. The van der Waals surface area contributed by atoms with Crippen LogP contribution in [0.3, 0.4) is 0 Å². The van der Waals surface area contributed by atoms with Crippen molar-refractivity contribution in [3.8, 4) is 16.9 Å². The molecule has 10 heteroatoms. The maximum absolute atomic E-state index is 13.1. The molecular weight excluding hydrogens is 500 g/mol. The monoisotopic (exact) mass is 528 g/mol. The number of nitrogens with zero attached hydrogens (tertiary/aromatic N) is 2. The zero-order valence-electron chi connectivity index (χ0n) is 20.1. The lowest BCUT2D eigenvalue weighted by atomic mass is 10.0. The number of carbonyl (C=O) groups excluding carboxylic acids is 2. The number of amides is 1. The second-order valence-electron chi connectivity index (χ2n) is 8.57. The number of aryl methyl sites for hydroxylation is 1. The molecule has 1 fully saturated rings. The summed E-state index contributed by atoms with van der Waals surface area (Å²) in [5.41, 5.74) is 8.66. The molecular formula is C26H29ClN4O4S. The van der Waals surface area contributed by atoms with Gasteiger partial charge in [-0.15, -0.1) is 23.7 Å². The van der Waals surface area contributed by atoms with Crippen LogP contribution in [0.15, 0.2) is 53.9 Å². The Morgan fingerprint density at radius 1 is 1.14 bits per heavy atom. The largest absolute Gasteiger partial charge is 0.491 e. The van der Waals surface area contributed by atoms with Crippen LogP contribution in [-0.2, 0) is 9.53 Å². The number of benzene rings is 2. The number of aromatic nitrogens is 1. The Kier molecular flexibility index (Phi) is 9.06. The molecule has 0 aliphatic carbocycles. The van der Waals surface area contributed by atoms with Crippen molar-refractivity contribution in [2.45, 2.75) is 25.8 Å². The zero-order chi connectivity index (χ0) is 24.9. The molecule has 0 saturated carbocycles. The van der Waals surface area contributed by atoms with Crippen molar-refractivity contribution in [2.75, 3.05) is 20.3 Å². The second kappa shape index (κ2) is 12.0. The molecule has 1 aromatic heterocycles. The first-order chi connectivity index (χ1) is 16.8. The highest BCUT2D eigenvalue weighted by atomic mass is 35.5. The number of nitrogens with one attached hydrogen (secondary N) is 1. The summed E-state index contributed by atoms with van der Waals surface area (Å²) >= 11 is 1.44. The zero-order valence-corrected chi connectivity index (χ0v) is 21.7. The van der Waals surface area contributed by atoms with Gasteiger partial charge in [-0.3, -0.25) is 15.0 Å². The van der Waals surface area contributed by atoms with E-state index in [4.69, 9.17) is 20.6 Å². The van der Waals surface area contributed by atoms with Crippen molar-refractivity contribution >= 4 is 41.5 Å². The van der Waals surface area contributed by atoms with E-state index in [0.717, 1.165) is 16.1 Å². The minimum atomic E-state index is -0.277. The highest BCUT2D eigenvalue weighted by molar-refractivity contribution is 7.09. The van der Waals surface area contributed by atoms with Crippen molar-refractivity contribution in [3.63, 3.8) is 0 Å². The maximum Gasteiger partial charge on any atom is 0.305 e. The number of rotatable bonds is 8. The number of nitrogen functional groups attached to an aromatic ring is 1. The van der Waals surface area contributed by atoms with Gasteiger partial charge in [0.05, 0.1) is 24.6 Å². The van der Waals surface area contributed by atoms with Gasteiger partial charge >= 0.3 is 5.97 Å². The van der Waals surface area contributed by atoms with E-state index in [-0.39, 0.29) is 48.5 Å². The van der Waals surface area contributed by atoms with Crippen molar-refractivity contribution in [2.24, 2.45) is 11.7 Å². The molecule has 1 aliphatic rings. The first-order valence-corrected chi connectivity index (χ1v) is 12.2. The molecule has 0 spiro atoms. The minimum absolute atomic E-state index is 0. The molecule has 8 nitrogen and oxygen atoms in total. The Bertz CT molecular complexity index is 1210. The Morgan fingerprint density at radius 3 is 2.33 bits per heavy atom. The highest BCUT2D eigenvalue weighted by Crippen LogP contribution is 2.29. The summed E-state index contributed by atoms with van der Waals surface area (Å²) in [4.78, 5) is 31.1. The molecule has 0 bridgehead atoms. The molecule has 1 saturated heterocycles. The van der Waals surface area contributed by atoms with Gasteiger partial charge in [0.2, 0.25) is 0 Å². The van der Waals surface area contributed by atoms with Crippen molar-refractivity contribution in [1.82, 2.24) is 9.88 Å². The summed E-state index contributed by atoms with van der Waals surface area (Å²) in [6.07, 6.45) is 0.925. The van der Waals surface area contributed by atoms with Crippen molar-refractivity contribution in [1.29, 1.82) is 5.41 Å². The van der Waals surface area contributed by atoms with Gasteiger partial charge in [-0.05, 0) is 42.5 Å². The number of nitrogens with two attached hydrogens (primary N) is 1. The average molecular weight is 529 g/mol. The number of thiazole rings is 1. The summed E-state index contributed by atoms with van der Waals surface area (Å²) < 4.78 is 10.9. The van der Waals surface area contributed by atoms with E-state index in [1.54, 1.807) is 10.3 Å². The molecule has 2 atom stereocenters. The lowest BCUT2D eigenvalue weighted by Crippen LogP contribution is -2.39. The Balaban J connectivity index is 0.00000361. The van der Waals surface area contributed by atoms with Crippen LogP contribution in [0, 0.1) is 18.3 Å². The fourth-order valence-electron chi connectivity index (χ4n) is 4.27. The summed E-state index contributed by atoms with van der Waals surface area (Å²) in [5, 5.41) is 10.1. The number of methoxy groups -OCH3 is 1. The van der Waals surface area contributed by atoms with Gasteiger partial charge in [0, 0.05) is 17.5 Å². The number of hydrogen-bond acceptors (Lipinski definition) is 7. The molecule has 4 rings (SSSR count). The summed E-state index contributed by atoms with van der Waals surface area (Å²) in [5.74, 6) is 0.334. The molecule has 2 heterocycles. The summed E-state index contributed by atoms with van der Waals surface area (Å²) in [7, 11) is 1.38. The molecule has 36 heavy (non-hydrogen) atoms. The van der Waals surface area contributed by atoms with Crippen LogP contribution in [0.2, 0.25) is 0 Å². The molecule has 0 unspecified atom stereocenters. The van der Waals surface area contributed by atoms with Crippen LogP contribution in [0.4, 0.5) is 0 Å². The van der Waals surface area contributed by atoms with Gasteiger partial charge in [0.1, 0.15) is 23.9 Å². The molecule has 1 amide bonds. The number of carbonyl (C=O) groups is 2. The van der Waals surface area contributed by atoms with E-state index >= 15 is 0 Å². The van der Waals surface area contributed by atoms with Crippen LogP contribution < -0.4 is 10.5 Å². The Hall–Kier alpha value is -3.43. The third-order valence-corrected chi connectivity index (χ3v) is 6.88. The van der Waals surface area contributed by atoms with E-state index in [9.17, 15) is 9.59 Å². The predicted octanol–water partition coefficient (Wildman–Crippen LogP) is 4.30. The maximum atomic E-state index is 13.1. The lowest BCUT2D eigenvalue weighted by Gasteiger charge is -2.24. The smallest absolute Gasteiger partial charge is 0.305 e. The third-order valence-electron chi connectivity index (χ3n) is 6.11. The number of hydrogen-bond donors (Lipinski definition) is 2. The highest BCUT2D eigenvalue weighted by Gasteiger charge is 2.37. The van der Waals surface area contributed by atoms with Crippen LogP contribution in [0.1, 0.15) is 33.9 Å². The van der Waals surface area contributed by atoms with E-state index in [2.05, 4.69) is 4.98 Å². The number of esters is 1. The molecule has 190 valence electrons. The van der Waals surface area contributed by atoms with Crippen LogP contribution >= 0.6 is 23.7 Å². The van der Waals surface area contributed by atoms with Gasteiger partial charge in [0.15, 0.2) is 0 Å². The molecule has 3 aromatic rings. The van der Waals surface area contributed by atoms with E-state index < -0.39 is 0 Å². The standard InChI is InChI=1S/C26H28N4O4S.ClH/c1-16-29-23(15-35-16)26(32)30-13-17(12-24(31)33-2)11-21(30)14-34-22-9-7-19(8-10-22)18-3-5-20(6-4-18)25(27)28;/h3-10,15,17,21H,11-14H2,1-2H3,(H3,27,28);1H/t17-,21-;/m0./s1. The second-order valence-corrected chi connectivity index (χ2v) is 9.63. The number of ether oxygens (including phenoxy) is 2. The Labute approximate surface area is 220 Å². The Morgan fingerprint density at radius 2 is 1.78 bits per heavy atom. The quantitative estimate of drug-likeness (QED) is 0.256. The lowest BCUT2D eigenvalue weighted by molar-refractivity contribution is -0.141. The summed E-state index contributed by atoms with van der Waals surface area (Å²) in [6, 6.07) is 15.0. The average Bonchev–Trinajstić information content (AvgIpc) is 3.48. The van der Waals surface area contributed by atoms with Crippen LogP contribution in [-0.4, -0.2) is 53.9 Å². The number of amidine groups is 1. The van der Waals surface area contributed by atoms with Gasteiger partial charge < -0.3 is 20.1 Å². The van der Waals surface area contributed by atoms with Crippen LogP contribution in [0.25, 0.3) is 11.1 Å². The molecule has 0 radical (unpaired) electrons. The van der Waals surface area contributed by atoms with Gasteiger partial charge in [-0.2, -0.15) is 0 Å². The fraction of sp³-hybridized carbons (Fsp3) is 0.308. The van der Waals surface area contributed by atoms with Crippen molar-refractivity contribution in [3.05, 3.63) is 70.2 Å².